The van der Waals surface area contributed by atoms with Crippen molar-refractivity contribution in [3.63, 3.8) is 0 Å². The van der Waals surface area contributed by atoms with E-state index in [0.29, 0.717) is 0 Å². The van der Waals surface area contributed by atoms with Crippen LogP contribution in [-0.4, -0.2) is 20.3 Å². The molecule has 0 heterocycles. The highest BCUT2D eigenvalue weighted by Crippen LogP contribution is 2.13. The summed E-state index contributed by atoms with van der Waals surface area (Å²) in [6, 6.07) is 8.41. The van der Waals surface area contributed by atoms with Crippen molar-refractivity contribution in [2.45, 2.75) is 32.6 Å². The summed E-state index contributed by atoms with van der Waals surface area (Å²) in [7, 11) is 1.73. The van der Waals surface area contributed by atoms with Crippen molar-refractivity contribution in [3.05, 3.63) is 29.8 Å². The fourth-order valence-corrected chi connectivity index (χ4v) is 1.58. The first kappa shape index (κ1) is 13.0. The molecule has 0 saturated carbocycles. The molecule has 0 aromatic heterocycles. The number of hydrogen-bond acceptors (Lipinski definition) is 2. The van der Waals surface area contributed by atoms with Gasteiger partial charge < -0.3 is 9.47 Å². The fourth-order valence-electron chi connectivity index (χ4n) is 1.58. The molecule has 0 N–H and O–H groups in total. The van der Waals surface area contributed by atoms with Crippen LogP contribution in [0, 0.1) is 0 Å². The van der Waals surface area contributed by atoms with E-state index < -0.39 is 0 Å². The van der Waals surface area contributed by atoms with Crippen LogP contribution >= 0.6 is 0 Å². The summed E-state index contributed by atoms with van der Waals surface area (Å²) in [4.78, 5) is 0. The van der Waals surface area contributed by atoms with Crippen LogP contribution in [-0.2, 0) is 11.2 Å². The number of aryl methyl sites for hydroxylation is 1. The van der Waals surface area contributed by atoms with Crippen molar-refractivity contribution in [3.8, 4) is 5.75 Å². The molecule has 16 heavy (non-hydrogen) atoms. The van der Waals surface area contributed by atoms with E-state index in [4.69, 9.17) is 9.47 Å². The summed E-state index contributed by atoms with van der Waals surface area (Å²) >= 11 is 0. The van der Waals surface area contributed by atoms with E-state index in [1.807, 2.05) is 0 Å². The van der Waals surface area contributed by atoms with Crippen LogP contribution in [0.25, 0.3) is 0 Å². The quantitative estimate of drug-likeness (QED) is 0.627. The van der Waals surface area contributed by atoms with Gasteiger partial charge in [-0.1, -0.05) is 25.5 Å². The number of hydrogen-bond donors (Lipinski definition) is 0. The summed E-state index contributed by atoms with van der Waals surface area (Å²) < 4.78 is 10.6. The molecule has 2 nitrogen and oxygen atoms in total. The highest BCUT2D eigenvalue weighted by atomic mass is 16.5. The van der Waals surface area contributed by atoms with Crippen LogP contribution in [0.5, 0.6) is 5.75 Å². The minimum absolute atomic E-state index is 0.774. The summed E-state index contributed by atoms with van der Waals surface area (Å²) in [6.45, 7) is 3.79. The van der Waals surface area contributed by atoms with Crippen LogP contribution in [0.2, 0.25) is 0 Å². The Morgan fingerprint density at radius 3 is 2.31 bits per heavy atom. The molecule has 0 unspecified atom stereocenters. The van der Waals surface area contributed by atoms with Crippen molar-refractivity contribution in [2.24, 2.45) is 0 Å². The van der Waals surface area contributed by atoms with E-state index in [0.717, 1.165) is 38.2 Å². The van der Waals surface area contributed by atoms with Crippen molar-refractivity contribution < 1.29 is 9.47 Å². The molecule has 0 fully saturated rings. The molecule has 0 bridgehead atoms. The van der Waals surface area contributed by atoms with E-state index in [-0.39, 0.29) is 0 Å². The van der Waals surface area contributed by atoms with Crippen LogP contribution in [0.4, 0.5) is 0 Å². The van der Waals surface area contributed by atoms with Crippen LogP contribution in [0.1, 0.15) is 31.7 Å². The lowest BCUT2D eigenvalue weighted by Crippen LogP contribution is -1.99. The van der Waals surface area contributed by atoms with E-state index in [1.165, 1.54) is 12.0 Å². The molecule has 90 valence electrons. The summed E-state index contributed by atoms with van der Waals surface area (Å²) in [5.41, 5.74) is 1.38. The molecule has 0 radical (unpaired) electrons. The lowest BCUT2D eigenvalue weighted by molar-refractivity contribution is 0.184. The Bertz CT molecular complexity index is 267. The van der Waals surface area contributed by atoms with E-state index in [1.54, 1.807) is 7.11 Å². The summed E-state index contributed by atoms with van der Waals surface area (Å²) in [6.07, 6.45) is 4.44. The Morgan fingerprint density at radius 2 is 1.69 bits per heavy atom. The first-order valence-electron chi connectivity index (χ1n) is 6.07. The monoisotopic (exact) mass is 222 g/mol. The third-order valence-electron chi connectivity index (χ3n) is 2.47. The average molecular weight is 222 g/mol. The van der Waals surface area contributed by atoms with Crippen LogP contribution in [0.15, 0.2) is 24.3 Å². The van der Waals surface area contributed by atoms with Gasteiger partial charge in [0.05, 0.1) is 6.61 Å². The van der Waals surface area contributed by atoms with Gasteiger partial charge in [0.15, 0.2) is 0 Å². The lowest BCUT2D eigenvalue weighted by Gasteiger charge is -2.06. The Balaban J connectivity index is 2.21. The van der Waals surface area contributed by atoms with Gasteiger partial charge in [0.1, 0.15) is 5.75 Å². The zero-order valence-corrected chi connectivity index (χ0v) is 10.4. The number of ether oxygens (including phenoxy) is 2. The second kappa shape index (κ2) is 8.17. The van der Waals surface area contributed by atoms with Crippen molar-refractivity contribution in [1.29, 1.82) is 0 Å². The fraction of sp³-hybridized carbons (Fsp3) is 0.571. The van der Waals surface area contributed by atoms with Crippen molar-refractivity contribution in [2.75, 3.05) is 20.3 Å². The zero-order chi connectivity index (χ0) is 11.6. The molecular weight excluding hydrogens is 200 g/mol. The highest BCUT2D eigenvalue weighted by molar-refractivity contribution is 5.27. The molecule has 1 aromatic rings. The Morgan fingerprint density at radius 1 is 1.00 bits per heavy atom. The van der Waals surface area contributed by atoms with Crippen molar-refractivity contribution >= 4 is 0 Å². The van der Waals surface area contributed by atoms with Gasteiger partial charge in [-0.15, -0.1) is 0 Å². The first-order chi connectivity index (χ1) is 7.86. The second-order valence-corrected chi connectivity index (χ2v) is 3.94. The topological polar surface area (TPSA) is 18.5 Å². The first-order valence-corrected chi connectivity index (χ1v) is 6.07. The Labute approximate surface area is 98.6 Å². The number of methoxy groups -OCH3 is 1. The number of benzene rings is 1. The zero-order valence-electron chi connectivity index (χ0n) is 10.4. The van der Waals surface area contributed by atoms with Gasteiger partial charge >= 0.3 is 0 Å². The molecule has 0 atom stereocenters. The molecule has 0 amide bonds. The van der Waals surface area contributed by atoms with Gasteiger partial charge in [0.2, 0.25) is 0 Å². The number of unbranched alkanes of at least 4 members (excludes halogenated alkanes) is 1. The minimum atomic E-state index is 0.774. The Kier molecular flexibility index (Phi) is 6.66. The maximum atomic E-state index is 5.63. The predicted molar refractivity (Wildman–Crippen MR) is 67.0 cm³/mol. The SMILES string of the molecule is CCCc1ccc(OCCCCOC)cc1. The van der Waals surface area contributed by atoms with Gasteiger partial charge in [-0.05, 0) is 37.0 Å². The predicted octanol–water partition coefficient (Wildman–Crippen LogP) is 3.44. The largest absolute Gasteiger partial charge is 0.494 e. The van der Waals surface area contributed by atoms with Gasteiger partial charge in [-0.25, -0.2) is 0 Å². The minimum Gasteiger partial charge on any atom is -0.494 e. The van der Waals surface area contributed by atoms with Gasteiger partial charge in [0, 0.05) is 13.7 Å². The molecule has 0 aliphatic carbocycles. The third-order valence-corrected chi connectivity index (χ3v) is 2.47. The van der Waals surface area contributed by atoms with Crippen LogP contribution < -0.4 is 4.74 Å². The highest BCUT2D eigenvalue weighted by Gasteiger charge is 1.95. The van der Waals surface area contributed by atoms with E-state index >= 15 is 0 Å². The van der Waals surface area contributed by atoms with E-state index in [2.05, 4.69) is 31.2 Å². The molecule has 0 spiro atoms. The maximum absolute atomic E-state index is 5.63. The molecule has 1 aromatic carbocycles. The molecule has 0 aliphatic rings. The summed E-state index contributed by atoms with van der Waals surface area (Å²) in [5.74, 6) is 0.970. The molecule has 2 heteroatoms. The average Bonchev–Trinajstić information content (AvgIpc) is 2.31. The van der Waals surface area contributed by atoms with E-state index in [9.17, 15) is 0 Å². The van der Waals surface area contributed by atoms with Gasteiger partial charge in [-0.2, -0.15) is 0 Å². The molecule has 1 rings (SSSR count). The maximum Gasteiger partial charge on any atom is 0.119 e. The molecular formula is C14H22O2. The molecule has 0 saturated heterocycles. The smallest absolute Gasteiger partial charge is 0.119 e. The molecule has 0 aliphatic heterocycles. The third kappa shape index (κ3) is 5.17. The van der Waals surface area contributed by atoms with Gasteiger partial charge in [0.25, 0.3) is 0 Å². The van der Waals surface area contributed by atoms with Crippen molar-refractivity contribution in [1.82, 2.24) is 0 Å². The van der Waals surface area contributed by atoms with Crippen LogP contribution in [0.3, 0.4) is 0 Å². The van der Waals surface area contributed by atoms with Gasteiger partial charge in [-0.3, -0.25) is 0 Å². The number of rotatable bonds is 8. The standard InChI is InChI=1S/C14H22O2/c1-3-6-13-7-9-14(10-8-13)16-12-5-4-11-15-2/h7-10H,3-6,11-12H2,1-2H3. The summed E-state index contributed by atoms with van der Waals surface area (Å²) in [5, 5.41) is 0. The second-order valence-electron chi connectivity index (χ2n) is 3.94. The lowest BCUT2D eigenvalue weighted by atomic mass is 10.1. The normalized spacial score (nSPS) is 10.4. The Hall–Kier alpha value is -1.02.